The number of hydrogen-bond acceptors (Lipinski definition) is 7. The van der Waals surface area contributed by atoms with Crippen molar-refractivity contribution in [2.45, 2.75) is 264 Å². The number of unbranched alkanes of at least 4 members (excludes halogenated alkanes) is 31. The van der Waals surface area contributed by atoms with Crippen molar-refractivity contribution in [3.63, 3.8) is 0 Å². The van der Waals surface area contributed by atoms with Gasteiger partial charge in [-0.2, -0.15) is 0 Å². The Balaban J connectivity index is 4.86. The molecule has 0 aromatic carbocycles. The summed E-state index contributed by atoms with van der Waals surface area (Å²) in [7, 11) is 0. The molecule has 65 heavy (non-hydrogen) atoms. The number of carbonyl (C=O) groups excluding carboxylic acids is 2. The summed E-state index contributed by atoms with van der Waals surface area (Å²) >= 11 is 0. The van der Waals surface area contributed by atoms with E-state index in [4.69, 9.17) is 17.2 Å². The standard InChI is InChI=1S/C54H113N9O2/c1-3-5-7-9-11-13-15-17-19-21-23-25-27-29-31-35-48-63(49-36-32-30-28-26-24-22-20-18-16-14-12-10-8-6-4-2)53(65)51(40-37-47-61-54(56)57)62-52(64)50-60-46-39-45-59-43-34-33-42-58-44-38-41-55/h51,58-60H,3-50,55H2,1-2H3,(H,62,64)(H4,56,57,61)/t51-/m0/s1. The lowest BCUT2D eigenvalue weighted by molar-refractivity contribution is -0.136. The van der Waals surface area contributed by atoms with Gasteiger partial charge in [-0.25, -0.2) is 0 Å². The molecular weight excluding hydrogens is 807 g/mol. The van der Waals surface area contributed by atoms with Crippen molar-refractivity contribution in [2.24, 2.45) is 22.2 Å². The average Bonchev–Trinajstić information content (AvgIpc) is 3.30. The maximum absolute atomic E-state index is 14.3. The first-order chi connectivity index (χ1) is 32.0. The molecule has 0 saturated heterocycles. The average molecular weight is 921 g/mol. The van der Waals surface area contributed by atoms with E-state index in [0.717, 1.165) is 104 Å². The summed E-state index contributed by atoms with van der Waals surface area (Å²) < 4.78 is 0. The van der Waals surface area contributed by atoms with Crippen LogP contribution in [0.3, 0.4) is 0 Å². The highest BCUT2D eigenvalue weighted by Gasteiger charge is 2.25. The van der Waals surface area contributed by atoms with E-state index in [9.17, 15) is 9.59 Å². The van der Waals surface area contributed by atoms with E-state index < -0.39 is 6.04 Å². The van der Waals surface area contributed by atoms with Crippen LogP contribution in [0.2, 0.25) is 0 Å². The van der Waals surface area contributed by atoms with Gasteiger partial charge in [0.15, 0.2) is 5.96 Å². The van der Waals surface area contributed by atoms with Crippen molar-refractivity contribution in [1.29, 1.82) is 0 Å². The van der Waals surface area contributed by atoms with Gasteiger partial charge in [-0.1, -0.05) is 206 Å². The minimum absolute atomic E-state index is 0.0451. The van der Waals surface area contributed by atoms with Gasteiger partial charge in [0.1, 0.15) is 6.04 Å². The van der Waals surface area contributed by atoms with E-state index in [1.165, 1.54) is 180 Å². The normalized spacial score (nSPS) is 11.9. The lowest BCUT2D eigenvalue weighted by Crippen LogP contribution is -2.51. The summed E-state index contributed by atoms with van der Waals surface area (Å²) in [6.07, 6.45) is 48.0. The maximum atomic E-state index is 14.3. The van der Waals surface area contributed by atoms with Gasteiger partial charge in [-0.05, 0) is 90.6 Å². The van der Waals surface area contributed by atoms with Crippen LogP contribution in [-0.2, 0) is 9.59 Å². The number of carbonyl (C=O) groups is 2. The Kier molecular flexibility index (Phi) is 51.4. The molecule has 11 heteroatoms. The van der Waals surface area contributed by atoms with Gasteiger partial charge in [-0.15, -0.1) is 0 Å². The zero-order chi connectivity index (χ0) is 47.4. The van der Waals surface area contributed by atoms with Crippen LogP contribution < -0.4 is 38.5 Å². The summed E-state index contributed by atoms with van der Waals surface area (Å²) in [6, 6.07) is -0.577. The second-order valence-electron chi connectivity index (χ2n) is 19.4. The van der Waals surface area contributed by atoms with E-state index >= 15 is 0 Å². The van der Waals surface area contributed by atoms with Crippen LogP contribution in [0.4, 0.5) is 0 Å². The number of nitrogens with one attached hydrogen (secondary N) is 4. The zero-order valence-electron chi connectivity index (χ0n) is 43.5. The Morgan fingerprint density at radius 3 is 1.18 bits per heavy atom. The fraction of sp³-hybridized carbons (Fsp3) is 0.944. The van der Waals surface area contributed by atoms with E-state index in [2.05, 4.69) is 45.0 Å². The van der Waals surface area contributed by atoms with Gasteiger partial charge in [0, 0.05) is 19.6 Å². The largest absolute Gasteiger partial charge is 0.370 e. The molecule has 0 saturated carbocycles. The molecular formula is C54H113N9O2. The molecule has 0 spiro atoms. The molecule has 386 valence electrons. The van der Waals surface area contributed by atoms with Crippen molar-refractivity contribution in [2.75, 3.05) is 65.4 Å². The second-order valence-corrected chi connectivity index (χ2v) is 19.4. The molecule has 0 radical (unpaired) electrons. The molecule has 1 atom stereocenters. The molecule has 2 amide bonds. The number of nitrogens with zero attached hydrogens (tertiary/aromatic N) is 2. The van der Waals surface area contributed by atoms with Crippen molar-refractivity contribution in [3.05, 3.63) is 0 Å². The molecule has 11 nitrogen and oxygen atoms in total. The monoisotopic (exact) mass is 920 g/mol. The number of hydrogen-bond donors (Lipinski definition) is 7. The number of rotatable bonds is 54. The van der Waals surface area contributed by atoms with E-state index in [-0.39, 0.29) is 24.3 Å². The second kappa shape index (κ2) is 53.0. The number of guanidine groups is 1. The summed E-state index contributed by atoms with van der Waals surface area (Å²) in [4.78, 5) is 33.7. The number of amides is 2. The van der Waals surface area contributed by atoms with Gasteiger partial charge in [0.05, 0.1) is 6.54 Å². The predicted molar refractivity (Wildman–Crippen MR) is 284 cm³/mol. The molecule has 0 aliphatic heterocycles. The molecule has 0 aliphatic rings. The Morgan fingerprint density at radius 1 is 0.446 bits per heavy atom. The van der Waals surface area contributed by atoms with Crippen molar-refractivity contribution in [3.8, 4) is 0 Å². The van der Waals surface area contributed by atoms with Crippen LogP contribution in [0, 0.1) is 0 Å². The van der Waals surface area contributed by atoms with Gasteiger partial charge in [0.2, 0.25) is 11.8 Å². The summed E-state index contributed by atoms with van der Waals surface area (Å²) in [5.41, 5.74) is 16.8. The van der Waals surface area contributed by atoms with E-state index in [1.54, 1.807) is 0 Å². The minimum atomic E-state index is -0.577. The Morgan fingerprint density at radius 2 is 0.800 bits per heavy atom. The highest BCUT2D eigenvalue weighted by Crippen LogP contribution is 2.17. The quantitative estimate of drug-likeness (QED) is 0.0179. The van der Waals surface area contributed by atoms with Gasteiger partial charge in [0.25, 0.3) is 0 Å². The van der Waals surface area contributed by atoms with E-state index in [1.807, 2.05) is 0 Å². The number of aliphatic imine (C=N–C) groups is 1. The van der Waals surface area contributed by atoms with Crippen molar-refractivity contribution < 1.29 is 9.59 Å². The molecule has 0 aromatic heterocycles. The van der Waals surface area contributed by atoms with Crippen LogP contribution >= 0.6 is 0 Å². The van der Waals surface area contributed by atoms with E-state index in [0.29, 0.717) is 19.4 Å². The molecule has 0 bridgehead atoms. The van der Waals surface area contributed by atoms with Crippen LogP contribution in [0.25, 0.3) is 0 Å². The fourth-order valence-corrected chi connectivity index (χ4v) is 8.78. The van der Waals surface area contributed by atoms with Gasteiger partial charge < -0.3 is 43.4 Å². The molecule has 10 N–H and O–H groups in total. The van der Waals surface area contributed by atoms with Crippen LogP contribution in [0.1, 0.15) is 258 Å². The molecule has 0 aliphatic carbocycles. The zero-order valence-corrected chi connectivity index (χ0v) is 43.5. The van der Waals surface area contributed by atoms with Gasteiger partial charge >= 0.3 is 0 Å². The molecule has 0 aromatic rings. The number of nitrogens with two attached hydrogens (primary N) is 3. The van der Waals surface area contributed by atoms with Crippen LogP contribution in [0.5, 0.6) is 0 Å². The molecule has 0 rings (SSSR count). The summed E-state index contributed by atoms with van der Waals surface area (Å²) in [6.45, 7) is 12.1. The summed E-state index contributed by atoms with van der Waals surface area (Å²) in [5, 5.41) is 13.3. The van der Waals surface area contributed by atoms with Crippen molar-refractivity contribution >= 4 is 17.8 Å². The SMILES string of the molecule is CCCCCCCCCCCCCCCCCCN(CCCCCCCCCCCCCCCCCC)C(=O)[C@H](CCCN=C(N)N)NC(=O)CNCCCNCCCCNCCCN. The maximum Gasteiger partial charge on any atom is 0.245 e. The highest BCUT2D eigenvalue weighted by atomic mass is 16.2. The van der Waals surface area contributed by atoms with Crippen LogP contribution in [0.15, 0.2) is 4.99 Å². The predicted octanol–water partition coefficient (Wildman–Crippen LogP) is 11.2. The fourth-order valence-electron chi connectivity index (χ4n) is 8.78. The van der Waals surface area contributed by atoms with Crippen molar-refractivity contribution in [1.82, 2.24) is 26.2 Å². The minimum Gasteiger partial charge on any atom is -0.370 e. The first-order valence-corrected chi connectivity index (χ1v) is 28.4. The smallest absolute Gasteiger partial charge is 0.245 e. The third-order valence-corrected chi connectivity index (χ3v) is 13.0. The lowest BCUT2D eigenvalue weighted by atomic mass is 10.0. The van der Waals surface area contributed by atoms with Gasteiger partial charge in [-0.3, -0.25) is 14.6 Å². The highest BCUT2D eigenvalue weighted by molar-refractivity contribution is 5.88. The first-order valence-electron chi connectivity index (χ1n) is 28.4. The lowest BCUT2D eigenvalue weighted by Gasteiger charge is -2.28. The Labute approximate surface area is 403 Å². The Hall–Kier alpha value is -1.95. The molecule has 0 unspecified atom stereocenters. The topological polar surface area (TPSA) is 176 Å². The Bertz CT molecular complexity index is 977. The summed E-state index contributed by atoms with van der Waals surface area (Å²) in [5.74, 6) is -0.0339. The first kappa shape index (κ1) is 63.0. The third kappa shape index (κ3) is 48.3. The van der Waals surface area contributed by atoms with Crippen LogP contribution in [-0.4, -0.2) is 94.2 Å². The third-order valence-electron chi connectivity index (χ3n) is 13.0. The molecule has 0 heterocycles. The molecule has 0 fully saturated rings.